The molecule has 15 heteroatoms. The van der Waals surface area contributed by atoms with Gasteiger partial charge < -0.3 is 39.2 Å². The number of methoxy groups -OCH3 is 2. The van der Waals surface area contributed by atoms with Gasteiger partial charge in [0.25, 0.3) is 11.8 Å². The Bertz CT molecular complexity index is 1770. The van der Waals surface area contributed by atoms with E-state index in [1.807, 2.05) is 0 Å². The lowest BCUT2D eigenvalue weighted by atomic mass is 9.89. The molecule has 15 nitrogen and oxygen atoms in total. The van der Waals surface area contributed by atoms with Gasteiger partial charge in [0.05, 0.1) is 27.3 Å². The van der Waals surface area contributed by atoms with Gasteiger partial charge in [0.2, 0.25) is 5.91 Å². The number of tetrazole rings is 1. The number of nitrogens with one attached hydrogen (secondary N) is 2. The first kappa shape index (κ1) is 33.1. The first-order chi connectivity index (χ1) is 23.9. The molecule has 3 amide bonds. The van der Waals surface area contributed by atoms with Gasteiger partial charge in [0, 0.05) is 56.1 Å². The third kappa shape index (κ3) is 7.83. The number of piperidine rings is 1. The fourth-order valence-corrected chi connectivity index (χ4v) is 5.70. The van der Waals surface area contributed by atoms with E-state index in [9.17, 15) is 14.4 Å². The van der Waals surface area contributed by atoms with Crippen LogP contribution in [0.3, 0.4) is 0 Å². The highest BCUT2D eigenvalue weighted by Crippen LogP contribution is 2.35. The maximum atomic E-state index is 14.0. The molecule has 256 valence electrons. The molecule has 2 N–H and O–H groups in total. The minimum absolute atomic E-state index is 0.0572. The van der Waals surface area contributed by atoms with Crippen LogP contribution in [0.15, 0.2) is 67.0 Å². The number of carbonyl (C=O) groups is 3. The quantitative estimate of drug-likeness (QED) is 0.320. The summed E-state index contributed by atoms with van der Waals surface area (Å²) < 4.78 is 31.0. The molecule has 0 saturated carbocycles. The van der Waals surface area contributed by atoms with Gasteiger partial charge in [-0.25, -0.2) is 4.68 Å². The summed E-state index contributed by atoms with van der Waals surface area (Å²) in [5.74, 6) is 2.10. The van der Waals surface area contributed by atoms with E-state index in [0.29, 0.717) is 65.3 Å². The van der Waals surface area contributed by atoms with Gasteiger partial charge in [-0.2, -0.15) is 0 Å². The molecule has 1 spiro atoms. The van der Waals surface area contributed by atoms with Crippen molar-refractivity contribution >= 4 is 17.7 Å². The third-order valence-electron chi connectivity index (χ3n) is 8.43. The van der Waals surface area contributed by atoms with Crippen molar-refractivity contribution in [3.05, 3.63) is 78.1 Å². The molecular formula is C34H37N7O8. The first-order valence-electron chi connectivity index (χ1n) is 15.9. The Balaban J connectivity index is 1.24. The molecule has 1 aromatic heterocycles. The van der Waals surface area contributed by atoms with Crippen LogP contribution in [0.25, 0.3) is 0 Å². The normalized spacial score (nSPS) is 16.2. The van der Waals surface area contributed by atoms with Crippen LogP contribution in [0.2, 0.25) is 0 Å². The molecule has 49 heavy (non-hydrogen) atoms. The zero-order valence-electron chi connectivity index (χ0n) is 27.2. The average Bonchev–Trinajstić information content (AvgIpc) is 3.66. The van der Waals surface area contributed by atoms with Crippen LogP contribution >= 0.6 is 0 Å². The fraction of sp³-hybridized carbons (Fsp3) is 0.353. The van der Waals surface area contributed by atoms with Crippen LogP contribution in [0.1, 0.15) is 35.2 Å². The molecule has 6 heterocycles. The van der Waals surface area contributed by atoms with Gasteiger partial charge in [-0.15, -0.1) is 5.10 Å². The zero-order valence-corrected chi connectivity index (χ0v) is 27.2. The van der Waals surface area contributed by atoms with E-state index in [1.54, 1.807) is 65.6 Å². The van der Waals surface area contributed by atoms with E-state index in [1.165, 1.54) is 25.2 Å². The Morgan fingerprint density at radius 3 is 2.41 bits per heavy atom. The summed E-state index contributed by atoms with van der Waals surface area (Å²) in [6, 6.07) is 17.1. The minimum atomic E-state index is -1.24. The molecule has 5 aliphatic rings. The van der Waals surface area contributed by atoms with Crippen molar-refractivity contribution in [1.29, 1.82) is 0 Å². The van der Waals surface area contributed by atoms with Gasteiger partial charge in [-0.3, -0.25) is 14.4 Å². The Morgan fingerprint density at radius 1 is 0.918 bits per heavy atom. The summed E-state index contributed by atoms with van der Waals surface area (Å²) in [6.45, 7) is 1.64. The molecule has 4 aromatic rings. The summed E-state index contributed by atoms with van der Waals surface area (Å²) in [6.07, 6.45) is 2.24. The average molecular weight is 672 g/mol. The van der Waals surface area contributed by atoms with Crippen molar-refractivity contribution in [3.63, 3.8) is 0 Å². The van der Waals surface area contributed by atoms with Gasteiger partial charge in [-0.1, -0.05) is 0 Å². The number of nitrogens with zero attached hydrogens (tertiary/aromatic N) is 5. The fourth-order valence-electron chi connectivity index (χ4n) is 5.70. The standard InChI is InChI=1S/C34H37N7O8/c1-45-28-10-4-23-19-30(28)48-27-5-3-24(29(20-27)46-2)21-36-33(44)34(49-26-8-6-25(7-9-26)47-18-14-35-32(23)43)12-16-40(17-13-34)31(42)11-15-41-22-37-38-39-41/h3-10,19-20,22H,11-18,21H2,1-2H3,(H,35,43)(H,36,44). The Labute approximate surface area is 282 Å². The smallest absolute Gasteiger partial charge is 0.264 e. The number of benzene rings is 3. The van der Waals surface area contributed by atoms with E-state index >= 15 is 0 Å². The second-order valence-corrected chi connectivity index (χ2v) is 11.5. The van der Waals surface area contributed by atoms with Crippen LogP contribution in [-0.2, 0) is 22.7 Å². The highest BCUT2D eigenvalue weighted by Gasteiger charge is 2.44. The topological polar surface area (TPSA) is 168 Å². The van der Waals surface area contributed by atoms with Crippen LogP contribution in [-0.4, -0.2) is 88.9 Å². The molecular weight excluding hydrogens is 634 g/mol. The minimum Gasteiger partial charge on any atom is -0.496 e. The van der Waals surface area contributed by atoms with Crippen molar-refractivity contribution in [1.82, 2.24) is 35.7 Å². The Kier molecular flexibility index (Phi) is 10.1. The summed E-state index contributed by atoms with van der Waals surface area (Å²) in [7, 11) is 3.05. The lowest BCUT2D eigenvalue weighted by molar-refractivity contribution is -0.146. The molecule has 3 aromatic carbocycles. The van der Waals surface area contributed by atoms with Crippen molar-refractivity contribution in [2.45, 2.75) is 38.0 Å². The van der Waals surface area contributed by atoms with Gasteiger partial charge in [-0.05, 0) is 65.0 Å². The highest BCUT2D eigenvalue weighted by molar-refractivity contribution is 5.95. The predicted octanol–water partition coefficient (Wildman–Crippen LogP) is 2.75. The first-order valence-corrected chi connectivity index (χ1v) is 15.9. The molecule has 0 atom stereocenters. The van der Waals surface area contributed by atoms with E-state index < -0.39 is 5.60 Å². The summed E-state index contributed by atoms with van der Waals surface area (Å²) in [4.78, 5) is 41.6. The van der Waals surface area contributed by atoms with E-state index in [0.717, 1.165) is 0 Å². The molecule has 0 aliphatic carbocycles. The van der Waals surface area contributed by atoms with Gasteiger partial charge in [0.1, 0.15) is 35.9 Å². The molecule has 6 bridgehead atoms. The SMILES string of the molecule is COc1cc2ccc1CNC(=O)C1(CCN(C(=O)CCn3cnnn3)CC1)Oc1ccc(cc1)OCCNC(=O)c1ccc(OC)c(c1)O2. The van der Waals surface area contributed by atoms with Crippen molar-refractivity contribution < 1.29 is 38.1 Å². The van der Waals surface area contributed by atoms with Crippen LogP contribution in [0.5, 0.6) is 34.5 Å². The monoisotopic (exact) mass is 671 g/mol. The number of amides is 3. The number of rotatable bonds is 5. The van der Waals surface area contributed by atoms with Gasteiger partial charge >= 0.3 is 0 Å². The van der Waals surface area contributed by atoms with Crippen molar-refractivity contribution in [3.8, 4) is 34.5 Å². The second-order valence-electron chi connectivity index (χ2n) is 11.5. The number of hydrogen-bond acceptors (Lipinski definition) is 11. The Hall–Kier alpha value is -5.86. The largest absolute Gasteiger partial charge is 0.496 e. The lowest BCUT2D eigenvalue weighted by Crippen LogP contribution is -2.58. The van der Waals surface area contributed by atoms with Crippen LogP contribution in [0.4, 0.5) is 0 Å². The van der Waals surface area contributed by atoms with Gasteiger partial charge in [0.15, 0.2) is 17.1 Å². The summed E-state index contributed by atoms with van der Waals surface area (Å²) in [5, 5.41) is 16.9. The van der Waals surface area contributed by atoms with E-state index in [2.05, 4.69) is 26.2 Å². The number of ether oxygens (including phenoxy) is 5. The summed E-state index contributed by atoms with van der Waals surface area (Å²) >= 11 is 0. The van der Waals surface area contributed by atoms with E-state index in [4.69, 9.17) is 23.7 Å². The van der Waals surface area contributed by atoms with E-state index in [-0.39, 0.29) is 56.7 Å². The maximum absolute atomic E-state index is 14.0. The number of hydrogen-bond donors (Lipinski definition) is 2. The predicted molar refractivity (Wildman–Crippen MR) is 174 cm³/mol. The third-order valence-corrected chi connectivity index (χ3v) is 8.43. The molecule has 0 unspecified atom stereocenters. The molecule has 9 rings (SSSR count). The highest BCUT2D eigenvalue weighted by atomic mass is 16.5. The zero-order chi connectivity index (χ0) is 34.2. The number of aryl methyl sites for hydroxylation is 1. The van der Waals surface area contributed by atoms with Crippen molar-refractivity contribution in [2.75, 3.05) is 40.5 Å². The number of carbonyl (C=O) groups excluding carboxylic acids is 3. The Morgan fingerprint density at radius 2 is 1.67 bits per heavy atom. The molecule has 1 fully saturated rings. The molecule has 0 radical (unpaired) electrons. The van der Waals surface area contributed by atoms with Crippen LogP contribution in [0, 0.1) is 0 Å². The number of likely N-dealkylation sites (tertiary alicyclic amines) is 1. The van der Waals surface area contributed by atoms with Crippen LogP contribution < -0.4 is 34.3 Å². The van der Waals surface area contributed by atoms with Crippen molar-refractivity contribution in [2.24, 2.45) is 0 Å². The maximum Gasteiger partial charge on any atom is 0.264 e. The second kappa shape index (κ2) is 14.9. The number of aromatic nitrogens is 4. The summed E-state index contributed by atoms with van der Waals surface area (Å²) in [5.41, 5.74) is -0.148. The molecule has 5 aliphatic heterocycles. The lowest BCUT2D eigenvalue weighted by Gasteiger charge is -2.40. The molecule has 1 saturated heterocycles.